The van der Waals surface area contributed by atoms with Gasteiger partial charge in [-0.2, -0.15) is 4.31 Å². The summed E-state index contributed by atoms with van der Waals surface area (Å²) in [5, 5.41) is 0. The van der Waals surface area contributed by atoms with Gasteiger partial charge in [0.1, 0.15) is 0 Å². The van der Waals surface area contributed by atoms with Crippen molar-refractivity contribution in [3.63, 3.8) is 0 Å². The van der Waals surface area contributed by atoms with E-state index in [9.17, 15) is 8.42 Å². The Labute approximate surface area is 118 Å². The van der Waals surface area contributed by atoms with E-state index in [4.69, 9.17) is 5.73 Å². The van der Waals surface area contributed by atoms with Crippen LogP contribution in [0.1, 0.15) is 33.1 Å². The van der Waals surface area contributed by atoms with Crippen molar-refractivity contribution in [2.24, 2.45) is 11.1 Å². The molecule has 19 heavy (non-hydrogen) atoms. The van der Waals surface area contributed by atoms with Crippen LogP contribution in [0.15, 0.2) is 0 Å². The molecule has 0 aliphatic carbocycles. The summed E-state index contributed by atoms with van der Waals surface area (Å²) >= 11 is 0. The molecule has 0 aromatic heterocycles. The van der Waals surface area contributed by atoms with E-state index in [0.717, 1.165) is 39.0 Å². The fourth-order valence-corrected chi connectivity index (χ4v) is 3.41. The van der Waals surface area contributed by atoms with E-state index in [-0.39, 0.29) is 0 Å². The molecule has 0 spiro atoms. The molecule has 0 saturated carbocycles. The summed E-state index contributed by atoms with van der Waals surface area (Å²) in [6.45, 7) is 9.30. The quantitative estimate of drug-likeness (QED) is 0.750. The first-order valence-electron chi connectivity index (χ1n) is 7.12. The Hall–Kier alpha value is -0.170. The van der Waals surface area contributed by atoms with Crippen molar-refractivity contribution in [1.82, 2.24) is 9.21 Å². The highest BCUT2D eigenvalue weighted by Gasteiger charge is 2.23. The lowest BCUT2D eigenvalue weighted by molar-refractivity contribution is 0.176. The first-order chi connectivity index (χ1) is 8.74. The van der Waals surface area contributed by atoms with Gasteiger partial charge in [-0.15, -0.1) is 0 Å². The molecule has 1 rings (SSSR count). The molecule has 1 aliphatic rings. The Morgan fingerprint density at radius 3 is 2.16 bits per heavy atom. The van der Waals surface area contributed by atoms with Crippen LogP contribution in [-0.2, 0) is 10.0 Å². The number of sulfonamides is 1. The maximum absolute atomic E-state index is 11.4. The predicted octanol–water partition coefficient (Wildman–Crippen LogP) is 0.719. The van der Waals surface area contributed by atoms with Gasteiger partial charge in [0.2, 0.25) is 10.0 Å². The topological polar surface area (TPSA) is 66.6 Å². The lowest BCUT2D eigenvalue weighted by Crippen LogP contribution is -2.48. The molecule has 2 N–H and O–H groups in total. The Kier molecular flexibility index (Phi) is 6.23. The second kappa shape index (κ2) is 7.02. The third-order valence-electron chi connectivity index (χ3n) is 3.95. The average molecular weight is 291 g/mol. The van der Waals surface area contributed by atoms with Gasteiger partial charge in [-0.3, -0.25) is 0 Å². The summed E-state index contributed by atoms with van der Waals surface area (Å²) in [6, 6.07) is 0. The average Bonchev–Trinajstić information content (AvgIpc) is 2.28. The van der Waals surface area contributed by atoms with Crippen LogP contribution in [-0.4, -0.2) is 63.1 Å². The van der Waals surface area contributed by atoms with Gasteiger partial charge >= 0.3 is 0 Å². The van der Waals surface area contributed by atoms with Crippen LogP contribution < -0.4 is 5.73 Å². The smallest absolute Gasteiger partial charge is 0.211 e. The zero-order chi connectivity index (χ0) is 14.5. The lowest BCUT2D eigenvalue weighted by atomic mass is 9.84. The van der Waals surface area contributed by atoms with E-state index in [0.29, 0.717) is 18.5 Å². The summed E-state index contributed by atoms with van der Waals surface area (Å²) in [5.41, 5.74) is 5.94. The fourth-order valence-electron chi connectivity index (χ4n) is 2.58. The van der Waals surface area contributed by atoms with Gasteiger partial charge in [0, 0.05) is 26.2 Å². The minimum absolute atomic E-state index is 0.323. The molecule has 1 aliphatic heterocycles. The van der Waals surface area contributed by atoms with Crippen LogP contribution in [0, 0.1) is 5.41 Å². The molecule has 1 saturated heterocycles. The number of hydrogen-bond donors (Lipinski definition) is 1. The largest absolute Gasteiger partial charge is 0.330 e. The minimum atomic E-state index is -3.01. The zero-order valence-corrected chi connectivity index (χ0v) is 13.4. The molecule has 5 nitrogen and oxygen atoms in total. The standard InChI is InChI=1S/C13H29N3O2S/c1-13(2,6-7-14)5-4-8-15-9-11-16(12-10-15)19(3,17)18/h4-12,14H2,1-3H3. The molecule has 0 atom stereocenters. The van der Waals surface area contributed by atoms with Crippen LogP contribution in [0.4, 0.5) is 0 Å². The third kappa shape index (κ3) is 6.21. The van der Waals surface area contributed by atoms with E-state index in [1.54, 1.807) is 4.31 Å². The summed E-state index contributed by atoms with van der Waals surface area (Å²) < 4.78 is 24.4. The molecule has 6 heteroatoms. The number of nitrogens with two attached hydrogens (primary N) is 1. The van der Waals surface area contributed by atoms with E-state index in [1.165, 1.54) is 12.7 Å². The molecule has 0 aromatic carbocycles. The highest BCUT2D eigenvalue weighted by atomic mass is 32.2. The van der Waals surface area contributed by atoms with Crippen molar-refractivity contribution in [2.45, 2.75) is 33.1 Å². The number of hydrogen-bond acceptors (Lipinski definition) is 4. The number of piperazine rings is 1. The van der Waals surface area contributed by atoms with E-state index in [1.807, 2.05) is 0 Å². The van der Waals surface area contributed by atoms with E-state index < -0.39 is 10.0 Å². The molecule has 1 fully saturated rings. The molecular formula is C13H29N3O2S. The lowest BCUT2D eigenvalue weighted by Gasteiger charge is -2.34. The van der Waals surface area contributed by atoms with Crippen LogP contribution in [0.2, 0.25) is 0 Å². The minimum Gasteiger partial charge on any atom is -0.330 e. The summed E-state index contributed by atoms with van der Waals surface area (Å²) in [6.07, 6.45) is 4.69. The summed E-state index contributed by atoms with van der Waals surface area (Å²) in [7, 11) is -3.01. The molecule has 1 heterocycles. The Balaban J connectivity index is 2.23. The van der Waals surface area contributed by atoms with Gasteiger partial charge in [-0.05, 0) is 37.8 Å². The maximum atomic E-state index is 11.4. The molecule has 0 aromatic rings. The van der Waals surface area contributed by atoms with Gasteiger partial charge in [-0.1, -0.05) is 13.8 Å². The molecule has 0 bridgehead atoms. The van der Waals surface area contributed by atoms with Gasteiger partial charge in [0.05, 0.1) is 6.26 Å². The van der Waals surface area contributed by atoms with E-state index in [2.05, 4.69) is 18.7 Å². The Morgan fingerprint density at radius 1 is 1.11 bits per heavy atom. The zero-order valence-electron chi connectivity index (χ0n) is 12.6. The van der Waals surface area contributed by atoms with Crippen LogP contribution in [0.25, 0.3) is 0 Å². The highest BCUT2D eigenvalue weighted by molar-refractivity contribution is 7.88. The van der Waals surface area contributed by atoms with Crippen molar-refractivity contribution < 1.29 is 8.42 Å². The van der Waals surface area contributed by atoms with Crippen molar-refractivity contribution in [3.8, 4) is 0 Å². The summed E-state index contributed by atoms with van der Waals surface area (Å²) in [5.74, 6) is 0. The van der Waals surface area contributed by atoms with Crippen molar-refractivity contribution in [3.05, 3.63) is 0 Å². The Morgan fingerprint density at radius 2 is 1.68 bits per heavy atom. The maximum Gasteiger partial charge on any atom is 0.211 e. The second-order valence-corrected chi connectivity index (χ2v) is 8.29. The van der Waals surface area contributed by atoms with Crippen molar-refractivity contribution in [1.29, 1.82) is 0 Å². The monoisotopic (exact) mass is 291 g/mol. The van der Waals surface area contributed by atoms with Gasteiger partial charge in [0.25, 0.3) is 0 Å². The van der Waals surface area contributed by atoms with Gasteiger partial charge in [0.15, 0.2) is 0 Å². The molecule has 0 radical (unpaired) electrons. The Bertz CT molecular complexity index is 360. The van der Waals surface area contributed by atoms with Crippen LogP contribution >= 0.6 is 0 Å². The first-order valence-corrected chi connectivity index (χ1v) is 8.97. The number of rotatable bonds is 7. The molecule has 0 amide bonds. The first kappa shape index (κ1) is 16.9. The second-order valence-electron chi connectivity index (χ2n) is 6.31. The van der Waals surface area contributed by atoms with Crippen molar-refractivity contribution in [2.75, 3.05) is 45.5 Å². The highest BCUT2D eigenvalue weighted by Crippen LogP contribution is 2.26. The van der Waals surface area contributed by atoms with Crippen LogP contribution in [0.5, 0.6) is 0 Å². The fraction of sp³-hybridized carbons (Fsp3) is 1.00. The third-order valence-corrected chi connectivity index (χ3v) is 5.25. The SMILES string of the molecule is CC(C)(CCN)CCCN1CCN(S(C)(=O)=O)CC1. The molecular weight excluding hydrogens is 262 g/mol. The number of nitrogens with zero attached hydrogens (tertiary/aromatic N) is 2. The van der Waals surface area contributed by atoms with Gasteiger partial charge in [-0.25, -0.2) is 8.42 Å². The predicted molar refractivity (Wildman–Crippen MR) is 79.5 cm³/mol. The van der Waals surface area contributed by atoms with Gasteiger partial charge < -0.3 is 10.6 Å². The normalized spacial score (nSPS) is 19.8. The van der Waals surface area contributed by atoms with Crippen LogP contribution in [0.3, 0.4) is 0 Å². The molecule has 0 unspecified atom stereocenters. The summed E-state index contributed by atoms with van der Waals surface area (Å²) in [4.78, 5) is 2.36. The molecule has 114 valence electrons. The van der Waals surface area contributed by atoms with E-state index >= 15 is 0 Å². The van der Waals surface area contributed by atoms with Crippen molar-refractivity contribution >= 4 is 10.0 Å².